The minimum Gasteiger partial charge on any atom is -0.310 e. The van der Waals surface area contributed by atoms with Crippen molar-refractivity contribution in [3.63, 3.8) is 0 Å². The SMILES string of the molecule is CCNC(CC)c1ccccc1Sc1cc(Cl)ccc1Cl. The first-order valence-electron chi connectivity index (χ1n) is 7.10. The molecule has 0 heterocycles. The number of hydrogen-bond acceptors (Lipinski definition) is 2. The molecule has 1 nitrogen and oxygen atoms in total. The second-order valence-corrected chi connectivity index (χ2v) is 6.66. The molecule has 1 atom stereocenters. The van der Waals surface area contributed by atoms with Gasteiger partial charge in [-0.2, -0.15) is 0 Å². The van der Waals surface area contributed by atoms with Crippen molar-refractivity contribution in [1.29, 1.82) is 0 Å². The second-order valence-electron chi connectivity index (χ2n) is 4.73. The van der Waals surface area contributed by atoms with Crippen molar-refractivity contribution in [2.45, 2.75) is 36.1 Å². The van der Waals surface area contributed by atoms with Crippen LogP contribution in [0.15, 0.2) is 52.3 Å². The normalized spacial score (nSPS) is 12.4. The van der Waals surface area contributed by atoms with Crippen LogP contribution in [0.2, 0.25) is 10.0 Å². The molecule has 2 rings (SSSR count). The Balaban J connectivity index is 2.33. The molecule has 0 saturated heterocycles. The van der Waals surface area contributed by atoms with E-state index in [9.17, 15) is 0 Å². The van der Waals surface area contributed by atoms with Crippen LogP contribution in [0.5, 0.6) is 0 Å². The first kappa shape index (κ1) is 16.7. The summed E-state index contributed by atoms with van der Waals surface area (Å²) in [6, 6.07) is 14.4. The standard InChI is InChI=1S/C17H19Cl2NS/c1-3-15(20-4-2)13-7-5-6-8-16(13)21-17-11-12(18)9-10-14(17)19/h5-11,15,20H,3-4H2,1-2H3. The van der Waals surface area contributed by atoms with Gasteiger partial charge in [-0.15, -0.1) is 0 Å². The van der Waals surface area contributed by atoms with Crippen LogP contribution in [0.1, 0.15) is 31.9 Å². The Labute approximate surface area is 141 Å². The van der Waals surface area contributed by atoms with Crippen molar-refractivity contribution in [3.05, 3.63) is 58.1 Å². The summed E-state index contributed by atoms with van der Waals surface area (Å²) in [5.74, 6) is 0. The van der Waals surface area contributed by atoms with Crippen molar-refractivity contribution in [2.75, 3.05) is 6.54 Å². The van der Waals surface area contributed by atoms with Gasteiger partial charge in [0.25, 0.3) is 0 Å². The summed E-state index contributed by atoms with van der Waals surface area (Å²) in [4.78, 5) is 2.21. The van der Waals surface area contributed by atoms with Crippen LogP contribution in [0.25, 0.3) is 0 Å². The van der Waals surface area contributed by atoms with Crippen molar-refractivity contribution in [1.82, 2.24) is 5.32 Å². The predicted octanol–water partition coefficient (Wildman–Crippen LogP) is 6.21. The van der Waals surface area contributed by atoms with Crippen LogP contribution < -0.4 is 5.32 Å². The Morgan fingerprint density at radius 3 is 2.52 bits per heavy atom. The van der Waals surface area contributed by atoms with Gasteiger partial charge in [-0.1, -0.05) is 67.0 Å². The summed E-state index contributed by atoms with van der Waals surface area (Å²) in [6.07, 6.45) is 1.05. The van der Waals surface area contributed by atoms with Gasteiger partial charge in [0.05, 0.1) is 5.02 Å². The molecule has 0 saturated carbocycles. The molecule has 1 unspecified atom stereocenters. The van der Waals surface area contributed by atoms with Gasteiger partial charge in [-0.25, -0.2) is 0 Å². The lowest BCUT2D eigenvalue weighted by molar-refractivity contribution is 0.530. The van der Waals surface area contributed by atoms with Crippen LogP contribution >= 0.6 is 35.0 Å². The highest BCUT2D eigenvalue weighted by atomic mass is 35.5. The molecule has 0 amide bonds. The summed E-state index contributed by atoms with van der Waals surface area (Å²) in [6.45, 7) is 5.28. The Kier molecular flexibility index (Phi) is 6.43. The van der Waals surface area contributed by atoms with E-state index < -0.39 is 0 Å². The molecule has 2 aromatic carbocycles. The van der Waals surface area contributed by atoms with E-state index in [1.54, 1.807) is 11.8 Å². The average Bonchev–Trinajstić information content (AvgIpc) is 2.49. The average molecular weight is 340 g/mol. The zero-order chi connectivity index (χ0) is 15.2. The lowest BCUT2D eigenvalue weighted by atomic mass is 10.0. The predicted molar refractivity (Wildman–Crippen MR) is 93.7 cm³/mol. The van der Waals surface area contributed by atoms with Crippen LogP contribution in [-0.4, -0.2) is 6.54 Å². The number of rotatable bonds is 6. The van der Waals surface area contributed by atoms with Crippen LogP contribution in [0.4, 0.5) is 0 Å². The van der Waals surface area contributed by atoms with Crippen LogP contribution in [0, 0.1) is 0 Å². The Bertz CT molecular complexity index is 601. The van der Waals surface area contributed by atoms with Gasteiger partial charge >= 0.3 is 0 Å². The number of nitrogens with one attached hydrogen (secondary N) is 1. The lowest BCUT2D eigenvalue weighted by Crippen LogP contribution is -2.20. The van der Waals surface area contributed by atoms with Crippen molar-refractivity contribution >= 4 is 35.0 Å². The monoisotopic (exact) mass is 339 g/mol. The lowest BCUT2D eigenvalue weighted by Gasteiger charge is -2.20. The molecule has 0 aliphatic heterocycles. The first-order valence-corrected chi connectivity index (χ1v) is 8.68. The summed E-state index contributed by atoms with van der Waals surface area (Å²) in [5, 5.41) is 4.97. The maximum absolute atomic E-state index is 6.28. The third-order valence-corrected chi connectivity index (χ3v) is 5.09. The highest BCUT2D eigenvalue weighted by Crippen LogP contribution is 2.38. The molecule has 112 valence electrons. The highest BCUT2D eigenvalue weighted by Gasteiger charge is 2.14. The zero-order valence-corrected chi connectivity index (χ0v) is 14.5. The van der Waals surface area contributed by atoms with Gasteiger partial charge in [0.15, 0.2) is 0 Å². The van der Waals surface area contributed by atoms with E-state index in [4.69, 9.17) is 23.2 Å². The third kappa shape index (κ3) is 4.40. The van der Waals surface area contributed by atoms with E-state index in [-0.39, 0.29) is 0 Å². The Hall–Kier alpha value is -0.670. The van der Waals surface area contributed by atoms with Gasteiger partial charge in [0, 0.05) is 20.9 Å². The zero-order valence-electron chi connectivity index (χ0n) is 12.2. The highest BCUT2D eigenvalue weighted by molar-refractivity contribution is 7.99. The van der Waals surface area contributed by atoms with Crippen LogP contribution in [0.3, 0.4) is 0 Å². The number of halogens is 2. The van der Waals surface area contributed by atoms with Crippen molar-refractivity contribution < 1.29 is 0 Å². The molecule has 0 aromatic heterocycles. The molecular formula is C17H19Cl2NS. The fourth-order valence-corrected chi connectivity index (χ4v) is 3.79. The molecule has 0 aliphatic carbocycles. The van der Waals surface area contributed by atoms with E-state index in [0.717, 1.165) is 22.9 Å². The molecule has 21 heavy (non-hydrogen) atoms. The largest absolute Gasteiger partial charge is 0.310 e. The van der Waals surface area contributed by atoms with Gasteiger partial charge in [0.2, 0.25) is 0 Å². The Morgan fingerprint density at radius 1 is 1.05 bits per heavy atom. The fourth-order valence-electron chi connectivity index (χ4n) is 2.26. The van der Waals surface area contributed by atoms with E-state index >= 15 is 0 Å². The van der Waals surface area contributed by atoms with Gasteiger partial charge in [-0.3, -0.25) is 0 Å². The van der Waals surface area contributed by atoms with E-state index in [1.807, 2.05) is 18.2 Å². The molecule has 1 N–H and O–H groups in total. The number of hydrogen-bond donors (Lipinski definition) is 1. The van der Waals surface area contributed by atoms with E-state index in [0.29, 0.717) is 11.1 Å². The van der Waals surface area contributed by atoms with Gasteiger partial charge < -0.3 is 5.32 Å². The van der Waals surface area contributed by atoms with E-state index in [2.05, 4.69) is 43.4 Å². The minimum atomic E-state index is 0.358. The molecule has 0 bridgehead atoms. The smallest absolute Gasteiger partial charge is 0.0546 e. The van der Waals surface area contributed by atoms with Gasteiger partial charge in [-0.05, 0) is 42.8 Å². The summed E-state index contributed by atoms with van der Waals surface area (Å²) >= 11 is 14.0. The maximum atomic E-state index is 6.28. The molecule has 0 radical (unpaired) electrons. The second kappa shape index (κ2) is 8.09. The van der Waals surface area contributed by atoms with Crippen LogP contribution in [-0.2, 0) is 0 Å². The van der Waals surface area contributed by atoms with Gasteiger partial charge in [0.1, 0.15) is 0 Å². The molecule has 0 spiro atoms. The summed E-state index contributed by atoms with van der Waals surface area (Å²) in [7, 11) is 0. The Morgan fingerprint density at radius 2 is 1.81 bits per heavy atom. The quantitative estimate of drug-likeness (QED) is 0.671. The molecule has 0 aliphatic rings. The number of benzene rings is 2. The molecule has 2 aromatic rings. The fraction of sp³-hybridized carbons (Fsp3) is 0.294. The first-order chi connectivity index (χ1) is 10.2. The topological polar surface area (TPSA) is 12.0 Å². The molecule has 0 fully saturated rings. The summed E-state index contributed by atoms with van der Waals surface area (Å²) in [5.41, 5.74) is 1.31. The third-order valence-electron chi connectivity index (χ3n) is 3.27. The summed E-state index contributed by atoms with van der Waals surface area (Å²) < 4.78 is 0. The van der Waals surface area contributed by atoms with E-state index in [1.165, 1.54) is 10.5 Å². The minimum absolute atomic E-state index is 0.358. The van der Waals surface area contributed by atoms with Crippen molar-refractivity contribution in [3.8, 4) is 0 Å². The molecule has 4 heteroatoms. The van der Waals surface area contributed by atoms with Crippen molar-refractivity contribution in [2.24, 2.45) is 0 Å². The maximum Gasteiger partial charge on any atom is 0.0546 e. The molecular weight excluding hydrogens is 321 g/mol.